The fourth-order valence-electron chi connectivity index (χ4n) is 2.71. The minimum Gasteiger partial charge on any atom is -0.365 e. The summed E-state index contributed by atoms with van der Waals surface area (Å²) in [4.78, 5) is 18.3. The van der Waals surface area contributed by atoms with Crippen molar-refractivity contribution in [2.75, 3.05) is 18.4 Å². The van der Waals surface area contributed by atoms with Crippen LogP contribution in [0.2, 0.25) is 0 Å². The second-order valence-electron chi connectivity index (χ2n) is 5.36. The summed E-state index contributed by atoms with van der Waals surface area (Å²) >= 11 is 3.47. The number of fused-ring (bicyclic) bond motifs is 1. The highest BCUT2D eigenvalue weighted by Crippen LogP contribution is 2.21. The maximum Gasteiger partial charge on any atom is 0.222 e. The monoisotopic (exact) mass is 347 g/mol. The number of benzene rings is 1. The number of carbonyl (C=O) groups is 1. The van der Waals surface area contributed by atoms with Gasteiger partial charge in [0.05, 0.1) is 5.52 Å². The summed E-state index contributed by atoms with van der Waals surface area (Å²) in [6, 6.07) is 10.4. The number of amides is 1. The van der Waals surface area contributed by atoms with Crippen molar-refractivity contribution in [1.82, 2.24) is 9.88 Å². The molecule has 2 aromatic rings. The number of hydrogen-bond acceptors (Lipinski definition) is 3. The summed E-state index contributed by atoms with van der Waals surface area (Å²) < 4.78 is 1.06. The fraction of sp³-hybridized carbons (Fsp3) is 0.375. The van der Waals surface area contributed by atoms with Crippen LogP contribution in [0.4, 0.5) is 5.82 Å². The molecule has 0 spiro atoms. The molecule has 4 nitrogen and oxygen atoms in total. The molecule has 5 heteroatoms. The number of pyridine rings is 1. The average Bonchev–Trinajstić information content (AvgIpc) is 2.95. The zero-order valence-electron chi connectivity index (χ0n) is 12.0. The Morgan fingerprint density at radius 1 is 1.43 bits per heavy atom. The highest BCUT2D eigenvalue weighted by Gasteiger charge is 2.25. The first-order chi connectivity index (χ1) is 10.2. The third kappa shape index (κ3) is 3.18. The van der Waals surface area contributed by atoms with Gasteiger partial charge in [-0.2, -0.15) is 0 Å². The molecule has 1 aromatic heterocycles. The number of rotatable bonds is 3. The van der Waals surface area contributed by atoms with Crippen LogP contribution >= 0.6 is 15.9 Å². The number of hydrogen-bond donors (Lipinski definition) is 1. The molecule has 1 unspecified atom stereocenters. The Hall–Kier alpha value is -1.62. The third-order valence-electron chi connectivity index (χ3n) is 3.85. The summed E-state index contributed by atoms with van der Waals surface area (Å²) in [5, 5.41) is 4.55. The Morgan fingerprint density at radius 3 is 3.10 bits per heavy atom. The van der Waals surface area contributed by atoms with Gasteiger partial charge in [-0.3, -0.25) is 4.79 Å². The van der Waals surface area contributed by atoms with Gasteiger partial charge >= 0.3 is 0 Å². The van der Waals surface area contributed by atoms with Gasteiger partial charge < -0.3 is 10.2 Å². The number of nitrogens with zero attached hydrogens (tertiary/aromatic N) is 2. The molecule has 1 atom stereocenters. The molecule has 21 heavy (non-hydrogen) atoms. The van der Waals surface area contributed by atoms with Gasteiger partial charge in [-0.1, -0.05) is 22.9 Å². The second kappa shape index (κ2) is 6.02. The first kappa shape index (κ1) is 14.3. The van der Waals surface area contributed by atoms with Gasteiger partial charge in [-0.15, -0.1) is 0 Å². The molecule has 3 rings (SSSR count). The number of carbonyl (C=O) groups excluding carboxylic acids is 1. The van der Waals surface area contributed by atoms with Crippen molar-refractivity contribution in [3.05, 3.63) is 34.8 Å². The number of aromatic nitrogens is 1. The Labute approximate surface area is 132 Å². The first-order valence-corrected chi connectivity index (χ1v) is 8.05. The van der Waals surface area contributed by atoms with Crippen molar-refractivity contribution >= 4 is 38.6 Å². The quantitative estimate of drug-likeness (QED) is 0.925. The Morgan fingerprint density at radius 2 is 2.29 bits per heavy atom. The molecule has 110 valence electrons. The molecule has 1 N–H and O–H groups in total. The first-order valence-electron chi connectivity index (χ1n) is 7.26. The van der Waals surface area contributed by atoms with E-state index in [1.54, 1.807) is 0 Å². The summed E-state index contributed by atoms with van der Waals surface area (Å²) in [5.74, 6) is 1.11. The van der Waals surface area contributed by atoms with Crippen molar-refractivity contribution in [1.29, 1.82) is 0 Å². The van der Waals surface area contributed by atoms with E-state index in [9.17, 15) is 4.79 Å². The molecule has 1 saturated heterocycles. The van der Waals surface area contributed by atoms with Crippen LogP contribution in [-0.2, 0) is 4.79 Å². The highest BCUT2D eigenvalue weighted by molar-refractivity contribution is 9.10. The van der Waals surface area contributed by atoms with Gasteiger partial charge in [0.2, 0.25) is 5.91 Å². The van der Waals surface area contributed by atoms with Crippen molar-refractivity contribution in [3.63, 3.8) is 0 Å². The van der Waals surface area contributed by atoms with Gasteiger partial charge in [0, 0.05) is 35.4 Å². The van der Waals surface area contributed by atoms with Gasteiger partial charge in [0.1, 0.15) is 5.82 Å². The molecule has 0 bridgehead atoms. The van der Waals surface area contributed by atoms with Crippen LogP contribution in [0.1, 0.15) is 19.8 Å². The molecular weight excluding hydrogens is 330 g/mol. The van der Waals surface area contributed by atoms with Crippen LogP contribution in [-0.4, -0.2) is 34.9 Å². The molecule has 1 amide bonds. The molecule has 0 aliphatic carbocycles. The predicted octanol–water partition coefficient (Wildman–Crippen LogP) is 3.42. The molecule has 2 heterocycles. The largest absolute Gasteiger partial charge is 0.365 e. The van der Waals surface area contributed by atoms with Gasteiger partial charge in [0.25, 0.3) is 0 Å². The normalized spacial score (nSPS) is 18.2. The standard InChI is InChI=1S/C16H18BrN3O/c1-2-16(21)20-8-7-13(10-20)18-15-6-3-11-9-12(17)4-5-14(11)19-15/h3-6,9,13H,2,7-8,10H2,1H3,(H,18,19). The molecule has 1 aliphatic heterocycles. The predicted molar refractivity (Wildman–Crippen MR) is 88.3 cm³/mol. The van der Waals surface area contributed by atoms with Crippen LogP contribution in [0.5, 0.6) is 0 Å². The zero-order chi connectivity index (χ0) is 14.8. The molecular formula is C16H18BrN3O. The van der Waals surface area contributed by atoms with Crippen molar-refractivity contribution in [2.24, 2.45) is 0 Å². The van der Waals surface area contributed by atoms with Crippen molar-refractivity contribution < 1.29 is 4.79 Å². The second-order valence-corrected chi connectivity index (χ2v) is 6.27. The molecule has 0 radical (unpaired) electrons. The lowest BCUT2D eigenvalue weighted by Gasteiger charge is -2.16. The highest BCUT2D eigenvalue weighted by atomic mass is 79.9. The average molecular weight is 348 g/mol. The summed E-state index contributed by atoms with van der Waals surface area (Å²) in [6.45, 7) is 3.52. The minimum absolute atomic E-state index is 0.232. The minimum atomic E-state index is 0.232. The maximum atomic E-state index is 11.7. The van der Waals surface area contributed by atoms with E-state index in [2.05, 4.69) is 38.4 Å². The molecule has 1 fully saturated rings. The van der Waals surface area contributed by atoms with E-state index in [-0.39, 0.29) is 5.91 Å². The summed E-state index contributed by atoms with van der Waals surface area (Å²) in [6.07, 6.45) is 1.56. The van der Waals surface area contributed by atoms with Gasteiger partial charge in [0.15, 0.2) is 0 Å². The van der Waals surface area contributed by atoms with E-state index < -0.39 is 0 Å². The lowest BCUT2D eigenvalue weighted by Crippen LogP contribution is -2.31. The SMILES string of the molecule is CCC(=O)N1CCC(Nc2ccc3cc(Br)ccc3n2)C1. The third-order valence-corrected chi connectivity index (χ3v) is 4.34. The van der Waals surface area contributed by atoms with E-state index in [0.29, 0.717) is 12.5 Å². The summed E-state index contributed by atoms with van der Waals surface area (Å²) in [5.41, 5.74) is 0.975. The number of halogens is 1. The van der Waals surface area contributed by atoms with Crippen LogP contribution in [0.25, 0.3) is 10.9 Å². The van der Waals surface area contributed by atoms with Crippen LogP contribution in [0.15, 0.2) is 34.8 Å². The van der Waals surface area contributed by atoms with Crippen molar-refractivity contribution in [3.8, 4) is 0 Å². The number of likely N-dealkylation sites (tertiary alicyclic amines) is 1. The van der Waals surface area contributed by atoms with Gasteiger partial charge in [-0.05, 0) is 36.8 Å². The van der Waals surface area contributed by atoms with E-state index in [1.165, 1.54) is 0 Å². The van der Waals surface area contributed by atoms with E-state index in [1.807, 2.05) is 30.0 Å². The Kier molecular flexibility index (Phi) is 4.10. The smallest absolute Gasteiger partial charge is 0.222 e. The number of nitrogens with one attached hydrogen (secondary N) is 1. The fourth-order valence-corrected chi connectivity index (χ4v) is 3.09. The van der Waals surface area contributed by atoms with E-state index in [0.717, 1.165) is 40.7 Å². The topological polar surface area (TPSA) is 45.2 Å². The van der Waals surface area contributed by atoms with Crippen LogP contribution in [0, 0.1) is 0 Å². The van der Waals surface area contributed by atoms with Crippen LogP contribution < -0.4 is 5.32 Å². The molecule has 1 aromatic carbocycles. The number of anilines is 1. The summed E-state index contributed by atoms with van der Waals surface area (Å²) in [7, 11) is 0. The van der Waals surface area contributed by atoms with Crippen molar-refractivity contribution in [2.45, 2.75) is 25.8 Å². The zero-order valence-corrected chi connectivity index (χ0v) is 13.6. The Balaban J connectivity index is 1.71. The lowest BCUT2D eigenvalue weighted by atomic mass is 10.2. The van der Waals surface area contributed by atoms with E-state index in [4.69, 9.17) is 0 Å². The maximum absolute atomic E-state index is 11.7. The van der Waals surface area contributed by atoms with Gasteiger partial charge in [-0.25, -0.2) is 4.98 Å². The molecule has 0 saturated carbocycles. The lowest BCUT2D eigenvalue weighted by molar-refractivity contribution is -0.129. The van der Waals surface area contributed by atoms with E-state index >= 15 is 0 Å². The Bertz CT molecular complexity index is 674. The molecule has 1 aliphatic rings. The van der Waals surface area contributed by atoms with Crippen LogP contribution in [0.3, 0.4) is 0 Å².